The zero-order chi connectivity index (χ0) is 24.7. The highest BCUT2D eigenvalue weighted by Gasteiger charge is 2.45. The van der Waals surface area contributed by atoms with E-state index in [1.165, 1.54) is 4.90 Å². The van der Waals surface area contributed by atoms with Crippen molar-refractivity contribution in [3.63, 3.8) is 0 Å². The maximum Gasteiger partial charge on any atom is 0.295 e. The van der Waals surface area contributed by atoms with Crippen LogP contribution in [0.15, 0.2) is 54.1 Å². The van der Waals surface area contributed by atoms with E-state index in [9.17, 15) is 14.7 Å². The molecule has 3 rings (SSSR count). The molecule has 2 aromatic rings. The third-order valence-electron chi connectivity index (χ3n) is 5.71. The number of ketones is 1. The fourth-order valence-corrected chi connectivity index (χ4v) is 3.90. The Bertz CT molecular complexity index is 1030. The zero-order valence-electron chi connectivity index (χ0n) is 20.4. The van der Waals surface area contributed by atoms with Crippen molar-refractivity contribution in [2.24, 2.45) is 0 Å². The van der Waals surface area contributed by atoms with Crippen LogP contribution in [0.2, 0.25) is 0 Å². The summed E-state index contributed by atoms with van der Waals surface area (Å²) in [6.45, 7) is 6.03. The lowest BCUT2D eigenvalue weighted by Gasteiger charge is -2.26. The van der Waals surface area contributed by atoms with Crippen LogP contribution in [-0.4, -0.2) is 67.0 Å². The normalized spacial score (nSPS) is 17.4. The monoisotopic (exact) mass is 466 g/mol. The maximum atomic E-state index is 13.1. The average Bonchev–Trinajstić information content (AvgIpc) is 3.08. The number of ether oxygens (including phenoxy) is 2. The number of likely N-dealkylation sites (tertiary alicyclic amines) is 1. The van der Waals surface area contributed by atoms with Gasteiger partial charge in [-0.1, -0.05) is 37.6 Å². The van der Waals surface area contributed by atoms with Gasteiger partial charge in [-0.25, -0.2) is 0 Å². The number of carbonyl (C=O) groups excluding carboxylic acids is 2. The van der Waals surface area contributed by atoms with Gasteiger partial charge in [0.2, 0.25) is 0 Å². The number of hydrogen-bond donors (Lipinski definition) is 1. The highest BCUT2D eigenvalue weighted by molar-refractivity contribution is 6.46. The number of nitrogens with zero attached hydrogens (tertiary/aromatic N) is 2. The van der Waals surface area contributed by atoms with E-state index in [0.29, 0.717) is 37.6 Å². The van der Waals surface area contributed by atoms with Crippen molar-refractivity contribution < 1.29 is 24.2 Å². The minimum Gasteiger partial charge on any atom is -0.507 e. The van der Waals surface area contributed by atoms with Crippen molar-refractivity contribution in [2.45, 2.75) is 32.7 Å². The number of likely N-dealkylation sites (N-methyl/N-ethyl adjacent to an activating group) is 1. The number of rotatable bonds is 11. The standard InChI is InChI=1S/C27H34N2O5/c1-5-7-17-34-21-13-11-19(12-14-21)24-23(26(31)27(32)29(24)16-15-28(3)4)25(30)20-9-8-10-22(18-20)33-6-2/h8-14,18,24,30H,5-7,15-17H2,1-4H3/b25-23+. The predicted octanol–water partition coefficient (Wildman–Crippen LogP) is 4.25. The van der Waals surface area contributed by atoms with E-state index < -0.39 is 17.7 Å². The molecule has 0 spiro atoms. The molecule has 7 nitrogen and oxygen atoms in total. The van der Waals surface area contributed by atoms with Crippen LogP contribution in [0, 0.1) is 0 Å². The molecule has 1 aliphatic rings. The number of amides is 1. The molecule has 2 aromatic carbocycles. The quantitative estimate of drug-likeness (QED) is 0.231. The highest BCUT2D eigenvalue weighted by atomic mass is 16.5. The molecule has 1 fully saturated rings. The molecule has 1 heterocycles. The zero-order valence-corrected chi connectivity index (χ0v) is 20.4. The fourth-order valence-electron chi connectivity index (χ4n) is 3.90. The molecule has 1 N–H and O–H groups in total. The summed E-state index contributed by atoms with van der Waals surface area (Å²) in [5, 5.41) is 11.2. The molecule has 1 saturated heterocycles. The molecule has 1 aliphatic heterocycles. The van der Waals surface area contributed by atoms with Crippen LogP contribution >= 0.6 is 0 Å². The summed E-state index contributed by atoms with van der Waals surface area (Å²) in [6.07, 6.45) is 2.01. The van der Waals surface area contributed by atoms with E-state index in [4.69, 9.17) is 9.47 Å². The molecule has 182 valence electrons. The Labute approximate surface area is 201 Å². The van der Waals surface area contributed by atoms with E-state index >= 15 is 0 Å². The molecule has 0 aliphatic carbocycles. The Morgan fingerprint density at radius 2 is 1.76 bits per heavy atom. The van der Waals surface area contributed by atoms with Gasteiger partial charge in [0, 0.05) is 18.7 Å². The molecule has 0 saturated carbocycles. The summed E-state index contributed by atoms with van der Waals surface area (Å²) in [6, 6.07) is 13.6. The van der Waals surface area contributed by atoms with Gasteiger partial charge in [0.1, 0.15) is 17.3 Å². The van der Waals surface area contributed by atoms with Gasteiger partial charge in [0.25, 0.3) is 11.7 Å². The summed E-state index contributed by atoms with van der Waals surface area (Å²) in [5.41, 5.74) is 1.25. The molecule has 0 bridgehead atoms. The SMILES string of the molecule is CCCCOc1ccc(C2/C(=C(\O)c3cccc(OCC)c3)C(=O)C(=O)N2CCN(C)C)cc1. The van der Waals surface area contributed by atoms with E-state index in [1.807, 2.05) is 50.2 Å². The number of carbonyl (C=O) groups is 2. The molecular weight excluding hydrogens is 432 g/mol. The number of unbranched alkanes of at least 4 members (excludes halogenated alkanes) is 1. The number of benzene rings is 2. The van der Waals surface area contributed by atoms with Crippen LogP contribution in [0.5, 0.6) is 11.5 Å². The lowest BCUT2D eigenvalue weighted by atomic mass is 9.95. The number of aliphatic hydroxyl groups is 1. The molecule has 1 atom stereocenters. The summed E-state index contributed by atoms with van der Waals surface area (Å²) >= 11 is 0. The Morgan fingerprint density at radius 1 is 1.03 bits per heavy atom. The first-order valence-electron chi connectivity index (χ1n) is 11.8. The predicted molar refractivity (Wildman–Crippen MR) is 132 cm³/mol. The third kappa shape index (κ3) is 5.78. The summed E-state index contributed by atoms with van der Waals surface area (Å²) in [4.78, 5) is 29.6. The lowest BCUT2D eigenvalue weighted by Crippen LogP contribution is -2.35. The topological polar surface area (TPSA) is 79.3 Å². The second-order valence-electron chi connectivity index (χ2n) is 8.53. The van der Waals surface area contributed by atoms with Crippen molar-refractivity contribution >= 4 is 17.4 Å². The van der Waals surface area contributed by atoms with Crippen LogP contribution in [0.3, 0.4) is 0 Å². The molecule has 0 aromatic heterocycles. The van der Waals surface area contributed by atoms with Gasteiger partial charge in [-0.3, -0.25) is 9.59 Å². The number of aliphatic hydroxyl groups excluding tert-OH is 1. The van der Waals surface area contributed by atoms with Gasteiger partial charge in [0.05, 0.1) is 24.8 Å². The van der Waals surface area contributed by atoms with Crippen molar-refractivity contribution in [1.82, 2.24) is 9.80 Å². The van der Waals surface area contributed by atoms with E-state index in [0.717, 1.165) is 24.2 Å². The minimum absolute atomic E-state index is 0.0806. The molecule has 7 heteroatoms. The minimum atomic E-state index is -0.694. The second kappa shape index (κ2) is 11.7. The molecule has 0 radical (unpaired) electrons. The van der Waals surface area contributed by atoms with Gasteiger partial charge in [0.15, 0.2) is 0 Å². The Balaban J connectivity index is 2.03. The van der Waals surface area contributed by atoms with Crippen molar-refractivity contribution in [1.29, 1.82) is 0 Å². The number of hydrogen-bond acceptors (Lipinski definition) is 6. The van der Waals surface area contributed by atoms with E-state index in [1.54, 1.807) is 24.3 Å². The number of Topliss-reactive ketones (excluding diaryl/α,β-unsaturated/α-hetero) is 1. The fraction of sp³-hybridized carbons (Fsp3) is 0.407. The maximum absolute atomic E-state index is 13.1. The van der Waals surface area contributed by atoms with Gasteiger partial charge in [-0.2, -0.15) is 0 Å². The summed E-state index contributed by atoms with van der Waals surface area (Å²) < 4.78 is 11.3. The molecule has 1 unspecified atom stereocenters. The van der Waals surface area contributed by atoms with Gasteiger partial charge in [-0.15, -0.1) is 0 Å². The first-order chi connectivity index (χ1) is 16.4. The van der Waals surface area contributed by atoms with Crippen molar-refractivity contribution in [2.75, 3.05) is 40.4 Å². The molecular formula is C27H34N2O5. The Hall–Kier alpha value is -3.32. The van der Waals surface area contributed by atoms with Crippen LogP contribution in [0.1, 0.15) is 43.9 Å². The van der Waals surface area contributed by atoms with Crippen molar-refractivity contribution in [3.8, 4) is 11.5 Å². The Morgan fingerprint density at radius 3 is 2.41 bits per heavy atom. The highest BCUT2D eigenvalue weighted by Crippen LogP contribution is 2.40. The van der Waals surface area contributed by atoms with Crippen LogP contribution in [0.4, 0.5) is 0 Å². The first-order valence-corrected chi connectivity index (χ1v) is 11.8. The lowest BCUT2D eigenvalue weighted by molar-refractivity contribution is -0.140. The van der Waals surface area contributed by atoms with E-state index in [2.05, 4.69) is 6.92 Å². The van der Waals surface area contributed by atoms with Gasteiger partial charge in [-0.05, 0) is 57.3 Å². The third-order valence-corrected chi connectivity index (χ3v) is 5.71. The van der Waals surface area contributed by atoms with Crippen molar-refractivity contribution in [3.05, 3.63) is 65.2 Å². The summed E-state index contributed by atoms with van der Waals surface area (Å²) in [5.74, 6) is -0.199. The molecule has 34 heavy (non-hydrogen) atoms. The van der Waals surface area contributed by atoms with Gasteiger partial charge >= 0.3 is 0 Å². The summed E-state index contributed by atoms with van der Waals surface area (Å²) in [7, 11) is 3.82. The van der Waals surface area contributed by atoms with Crippen LogP contribution in [-0.2, 0) is 9.59 Å². The second-order valence-corrected chi connectivity index (χ2v) is 8.53. The smallest absolute Gasteiger partial charge is 0.295 e. The van der Waals surface area contributed by atoms with Crippen LogP contribution < -0.4 is 9.47 Å². The Kier molecular flexibility index (Phi) is 8.71. The van der Waals surface area contributed by atoms with Gasteiger partial charge < -0.3 is 24.4 Å². The largest absolute Gasteiger partial charge is 0.507 e. The van der Waals surface area contributed by atoms with Crippen LogP contribution in [0.25, 0.3) is 5.76 Å². The molecule has 1 amide bonds. The average molecular weight is 467 g/mol. The first kappa shape index (κ1) is 25.3. The van der Waals surface area contributed by atoms with E-state index in [-0.39, 0.29) is 11.3 Å².